The molecule has 0 atom stereocenters. The molecule has 0 aromatic carbocycles. The van der Waals surface area contributed by atoms with E-state index in [1.54, 1.807) is 12.3 Å². The number of rotatable bonds is 0. The fraction of sp³-hybridized carbons (Fsp3) is 0. The van der Waals surface area contributed by atoms with Crippen LogP contribution < -0.4 is 0 Å². The molecule has 1 heterocycles. The monoisotopic (exact) mass is 268 g/mol. The van der Waals surface area contributed by atoms with Crippen LogP contribution in [-0.4, -0.2) is 10.2 Å². The molecule has 1 aromatic rings. The van der Waals surface area contributed by atoms with Gasteiger partial charge in [-0.05, 0) is 0 Å². The van der Waals surface area contributed by atoms with Gasteiger partial charge in [-0.2, -0.15) is 6.07 Å². The van der Waals surface area contributed by atoms with Gasteiger partial charge in [-0.25, -0.2) is 0 Å². The summed E-state index contributed by atoms with van der Waals surface area (Å²) >= 11 is 0. The Bertz CT molecular complexity index is 131. The third-order valence-electron chi connectivity index (χ3n) is 0.362. The Morgan fingerprint density at radius 1 is 1.00 bits per heavy atom. The molecule has 1 aromatic heterocycles. The van der Waals surface area contributed by atoms with Crippen LogP contribution in [0.2, 0.25) is 0 Å². The number of nitrogens with zero attached hydrogens (tertiary/aromatic N) is 1. The summed E-state index contributed by atoms with van der Waals surface area (Å²) < 4.78 is 57.5. The minimum Gasteiger partial charge on any atom is -0.385 e. The Morgan fingerprint density at radius 2 is 1.36 bits per heavy atom. The van der Waals surface area contributed by atoms with Crippen LogP contribution in [-0.2, 0) is 17.1 Å². The van der Waals surface area contributed by atoms with E-state index in [2.05, 4.69) is 16.4 Å². The summed E-state index contributed by atoms with van der Waals surface area (Å²) in [7, 11) is 0. The van der Waals surface area contributed by atoms with Gasteiger partial charge in [-0.15, -0.1) is 12.4 Å². The number of hydrogen-bond donors (Lipinski definition) is 1. The quantitative estimate of drug-likeness (QED) is 0.437. The van der Waals surface area contributed by atoms with Crippen LogP contribution in [0.3, 0.4) is 0 Å². The molecule has 0 fully saturated rings. The summed E-state index contributed by atoms with van der Waals surface area (Å²) in [6.07, 6.45) is 4.26. The van der Waals surface area contributed by atoms with Gasteiger partial charge in [0, 0.05) is 17.1 Å². The second-order valence-corrected chi connectivity index (χ2v) is 1.13. The van der Waals surface area contributed by atoms with Gasteiger partial charge >= 0.3 is 0 Å². The number of H-pyrrole nitrogens is 1. The predicted molar refractivity (Wildman–Crippen MR) is 30.6 cm³/mol. The van der Waals surface area contributed by atoms with Gasteiger partial charge in [0.25, 0.3) is 0 Å². The molecule has 0 aliphatic rings. The normalized spacial score (nSPS) is 8.00. The van der Waals surface area contributed by atoms with Crippen molar-refractivity contribution in [1.29, 1.82) is 0 Å². The molecule has 0 unspecified atom stereocenters. The molecule has 0 bridgehead atoms. The van der Waals surface area contributed by atoms with E-state index in [4.69, 9.17) is 0 Å². The summed E-state index contributed by atoms with van der Waals surface area (Å²) in [5.74, 6) is 0. The van der Waals surface area contributed by atoms with Crippen LogP contribution in [0.1, 0.15) is 0 Å². The van der Waals surface area contributed by atoms with Crippen molar-refractivity contribution in [3.8, 4) is 0 Å². The smallest absolute Gasteiger partial charge is 0.154 e. The Kier molecular flexibility index (Phi) is 20.1. The molecule has 0 spiro atoms. The van der Waals surface area contributed by atoms with Crippen LogP contribution >= 0.6 is 0 Å². The first-order chi connectivity index (χ1) is 5.96. The maximum absolute atomic E-state index is 9.58. The molecule has 14 heavy (non-hydrogen) atoms. The molecule has 0 aliphatic carbocycles. The fourth-order valence-electron chi connectivity index (χ4n) is 0.186. The van der Waals surface area contributed by atoms with E-state index in [1.807, 2.05) is 0 Å². The van der Waals surface area contributed by atoms with Crippen LogP contribution in [0.15, 0.2) is 12.3 Å². The van der Waals surface area contributed by atoms with Crippen molar-refractivity contribution in [3.05, 3.63) is 31.8 Å². The molecular weight excluding hydrogens is 266 g/mol. The first-order valence-corrected chi connectivity index (χ1v) is 2.49. The first-order valence-electron chi connectivity index (χ1n) is 2.49. The van der Waals surface area contributed by atoms with E-state index in [9.17, 15) is 26.3 Å². The summed E-state index contributed by atoms with van der Waals surface area (Å²) in [5, 5.41) is 6.03. The molecule has 9 heteroatoms. The summed E-state index contributed by atoms with van der Waals surface area (Å²) in [5.41, 5.74) is 0. The second-order valence-electron chi connectivity index (χ2n) is 1.13. The molecule has 1 radical (unpaired) electrons. The average molecular weight is 269 g/mol. The Labute approximate surface area is 86.2 Å². The number of nitrogens with one attached hydrogen (secondary N) is 1. The zero-order chi connectivity index (χ0) is 10.7. The van der Waals surface area contributed by atoms with Crippen molar-refractivity contribution < 1.29 is 43.4 Å². The van der Waals surface area contributed by atoms with Gasteiger partial charge < -0.3 is 36.5 Å². The van der Waals surface area contributed by atoms with E-state index >= 15 is 0 Å². The average Bonchev–Trinajstić information content (AvgIpc) is 2.35. The largest absolute Gasteiger partial charge is 0.385 e. The van der Waals surface area contributed by atoms with E-state index in [1.165, 1.54) is 0 Å². The molecule has 0 saturated heterocycles. The predicted octanol–water partition coefficient (Wildman–Crippen LogP) is 2.89. The molecule has 1 N–H and O–H groups in total. The molecule has 0 saturated carbocycles. The summed E-state index contributed by atoms with van der Waals surface area (Å²) in [4.78, 5) is 0. The van der Waals surface area contributed by atoms with Gasteiger partial charge in [0.05, 0.1) is 0 Å². The Balaban J connectivity index is -0.000000127. The first kappa shape index (κ1) is 19.0. The minimum absolute atomic E-state index is 0. The molecule has 0 aliphatic heterocycles. The zero-order valence-corrected chi connectivity index (χ0v) is 7.11. The summed E-state index contributed by atoms with van der Waals surface area (Å²) in [6, 6.07) is 1.71. The molecular formula is C5H3CuF6N2-3. The molecule has 0 amide bonds. The van der Waals surface area contributed by atoms with E-state index < -0.39 is 13.4 Å². The topological polar surface area (TPSA) is 28.7 Å². The Morgan fingerprint density at radius 3 is 1.43 bits per heavy atom. The van der Waals surface area contributed by atoms with Gasteiger partial charge in [0.1, 0.15) is 0 Å². The van der Waals surface area contributed by atoms with Gasteiger partial charge in [-0.3, -0.25) is 0 Å². The van der Waals surface area contributed by atoms with Crippen LogP contribution in [0.5, 0.6) is 0 Å². The third-order valence-corrected chi connectivity index (χ3v) is 0.362. The van der Waals surface area contributed by atoms with Crippen LogP contribution in [0.4, 0.5) is 26.3 Å². The van der Waals surface area contributed by atoms with E-state index in [0.29, 0.717) is 0 Å². The SMILES string of the molecule is F[C-](F)F.F[C-](F)F.[Cu].[c-]1cc[nH]n1. The molecule has 1 rings (SSSR count). The van der Waals surface area contributed by atoms with Crippen molar-refractivity contribution in [1.82, 2.24) is 10.2 Å². The third kappa shape index (κ3) is 64.7. The van der Waals surface area contributed by atoms with Crippen molar-refractivity contribution in [2.45, 2.75) is 0 Å². The number of aromatic nitrogens is 2. The number of halogens is 6. The van der Waals surface area contributed by atoms with Gasteiger partial charge in [0.2, 0.25) is 0 Å². The van der Waals surface area contributed by atoms with Crippen LogP contribution in [0, 0.1) is 19.6 Å². The Hall–Kier alpha value is -0.691. The van der Waals surface area contributed by atoms with E-state index in [0.717, 1.165) is 0 Å². The fourth-order valence-corrected chi connectivity index (χ4v) is 0.186. The zero-order valence-electron chi connectivity index (χ0n) is 6.17. The van der Waals surface area contributed by atoms with Gasteiger partial charge in [-0.1, -0.05) is 0 Å². The molecule has 89 valence electrons. The summed E-state index contributed by atoms with van der Waals surface area (Å²) in [6.45, 7) is -6.17. The maximum Gasteiger partial charge on any atom is 0.154 e. The van der Waals surface area contributed by atoms with Crippen molar-refractivity contribution in [2.24, 2.45) is 0 Å². The minimum atomic E-state index is -3.08. The van der Waals surface area contributed by atoms with E-state index in [-0.39, 0.29) is 17.1 Å². The second kappa shape index (κ2) is 14.8. The number of hydrogen-bond acceptors (Lipinski definition) is 1. The maximum atomic E-state index is 9.58. The van der Waals surface area contributed by atoms with Crippen molar-refractivity contribution >= 4 is 0 Å². The van der Waals surface area contributed by atoms with Crippen molar-refractivity contribution in [2.75, 3.05) is 0 Å². The van der Waals surface area contributed by atoms with Crippen LogP contribution in [0.25, 0.3) is 0 Å². The molecule has 2 nitrogen and oxygen atoms in total. The van der Waals surface area contributed by atoms with Gasteiger partial charge in [0.15, 0.2) is 13.4 Å². The number of aromatic amines is 1. The van der Waals surface area contributed by atoms with Crippen molar-refractivity contribution in [3.63, 3.8) is 0 Å². The standard InChI is InChI=1S/C3H3N2.2CF3.Cu/c1-2-4-5-3-1;2*2-1(3)4;/h1-2H,(H,4,5);;;/q3*-1;.